The molecule has 4 nitrogen and oxygen atoms in total. The highest BCUT2D eigenvalue weighted by molar-refractivity contribution is 7.80. The van der Waals surface area contributed by atoms with Gasteiger partial charge in [0.05, 0.1) is 16.1 Å². The fourth-order valence-electron chi connectivity index (χ4n) is 1.94. The Hall–Kier alpha value is -2.01. The van der Waals surface area contributed by atoms with Gasteiger partial charge in [0.15, 0.2) is 0 Å². The fraction of sp³-hybridized carbons (Fsp3) is 0.214. The van der Waals surface area contributed by atoms with E-state index < -0.39 is 0 Å². The van der Waals surface area contributed by atoms with E-state index in [9.17, 15) is 4.79 Å². The number of hydrogen-bond acceptors (Lipinski definition) is 3. The van der Waals surface area contributed by atoms with Crippen molar-refractivity contribution >= 4 is 34.0 Å². The zero-order chi connectivity index (χ0) is 13.8. The van der Waals surface area contributed by atoms with Gasteiger partial charge in [0.25, 0.3) is 5.91 Å². The minimum Gasteiger partial charge on any atom is -0.393 e. The lowest BCUT2D eigenvalue weighted by Gasteiger charge is -2.13. The van der Waals surface area contributed by atoms with Crippen molar-refractivity contribution in [2.75, 3.05) is 0 Å². The molecule has 1 unspecified atom stereocenters. The van der Waals surface area contributed by atoms with Gasteiger partial charge in [-0.3, -0.25) is 9.78 Å². The van der Waals surface area contributed by atoms with Crippen LogP contribution in [0, 0.1) is 0 Å². The van der Waals surface area contributed by atoms with Gasteiger partial charge in [-0.1, -0.05) is 30.4 Å². The van der Waals surface area contributed by atoms with Crippen molar-refractivity contribution in [3.05, 3.63) is 42.1 Å². The van der Waals surface area contributed by atoms with Gasteiger partial charge in [-0.25, -0.2) is 0 Å². The monoisotopic (exact) mass is 273 g/mol. The number of rotatable bonds is 4. The first-order valence-corrected chi connectivity index (χ1v) is 6.41. The molecule has 2 rings (SSSR count). The zero-order valence-electron chi connectivity index (χ0n) is 10.6. The molecule has 0 saturated heterocycles. The molecule has 3 N–H and O–H groups in total. The van der Waals surface area contributed by atoms with E-state index in [1.807, 2.05) is 31.2 Å². The number of fused-ring (bicyclic) bond motifs is 1. The molecule has 0 saturated carbocycles. The summed E-state index contributed by atoms with van der Waals surface area (Å²) in [5, 5.41) is 3.82. The predicted octanol–water partition coefficient (Wildman–Crippen LogP) is 2.03. The second-order valence-corrected chi connectivity index (χ2v) is 4.95. The number of benzene rings is 1. The number of carbonyl (C=O) groups is 1. The van der Waals surface area contributed by atoms with Gasteiger partial charge >= 0.3 is 0 Å². The van der Waals surface area contributed by atoms with Gasteiger partial charge < -0.3 is 11.1 Å². The van der Waals surface area contributed by atoms with Crippen LogP contribution in [-0.2, 0) is 0 Å². The maximum absolute atomic E-state index is 12.2. The molecule has 19 heavy (non-hydrogen) atoms. The van der Waals surface area contributed by atoms with Crippen LogP contribution in [0.25, 0.3) is 10.9 Å². The lowest BCUT2D eigenvalue weighted by Crippen LogP contribution is -2.35. The molecule has 0 aliphatic rings. The molecule has 0 spiro atoms. The lowest BCUT2D eigenvalue weighted by atomic mass is 10.1. The SMILES string of the molecule is CC(CC(N)=S)NC(=O)c1cccc2cccnc12. The van der Waals surface area contributed by atoms with Crippen LogP contribution < -0.4 is 11.1 Å². The zero-order valence-corrected chi connectivity index (χ0v) is 11.4. The van der Waals surface area contributed by atoms with E-state index in [1.165, 1.54) is 0 Å². The van der Waals surface area contributed by atoms with Gasteiger partial charge in [0.1, 0.15) is 0 Å². The third kappa shape index (κ3) is 3.26. The number of para-hydroxylation sites is 1. The molecule has 1 heterocycles. The van der Waals surface area contributed by atoms with Crippen molar-refractivity contribution < 1.29 is 4.79 Å². The quantitative estimate of drug-likeness (QED) is 0.836. The van der Waals surface area contributed by atoms with Crippen molar-refractivity contribution in [3.8, 4) is 0 Å². The van der Waals surface area contributed by atoms with Gasteiger partial charge in [0, 0.05) is 24.0 Å². The summed E-state index contributed by atoms with van der Waals surface area (Å²) in [5.74, 6) is -0.159. The Morgan fingerprint density at radius 2 is 2.16 bits per heavy atom. The first-order chi connectivity index (χ1) is 9.08. The van der Waals surface area contributed by atoms with Crippen LogP contribution in [0.3, 0.4) is 0 Å². The number of nitrogens with two attached hydrogens (primary N) is 1. The number of carbonyl (C=O) groups excluding carboxylic acids is 1. The summed E-state index contributed by atoms with van der Waals surface area (Å²) in [4.78, 5) is 16.9. The molecule has 0 bridgehead atoms. The number of amides is 1. The van der Waals surface area contributed by atoms with Crippen LogP contribution >= 0.6 is 12.2 Å². The Kier molecular flexibility index (Phi) is 4.06. The Labute approximate surface area is 117 Å². The van der Waals surface area contributed by atoms with Gasteiger partial charge in [-0.2, -0.15) is 0 Å². The number of thiocarbonyl (C=S) groups is 1. The Morgan fingerprint density at radius 1 is 1.42 bits per heavy atom. The van der Waals surface area contributed by atoms with E-state index >= 15 is 0 Å². The summed E-state index contributed by atoms with van der Waals surface area (Å²) >= 11 is 4.83. The number of nitrogens with zero attached hydrogens (tertiary/aromatic N) is 1. The molecule has 0 fully saturated rings. The molecule has 98 valence electrons. The minimum atomic E-state index is -0.159. The van der Waals surface area contributed by atoms with Crippen molar-refractivity contribution in [2.45, 2.75) is 19.4 Å². The van der Waals surface area contributed by atoms with Crippen molar-refractivity contribution in [2.24, 2.45) is 5.73 Å². The number of hydrogen-bond donors (Lipinski definition) is 2. The highest BCUT2D eigenvalue weighted by Crippen LogP contribution is 2.15. The smallest absolute Gasteiger partial charge is 0.253 e. The highest BCUT2D eigenvalue weighted by atomic mass is 32.1. The van der Waals surface area contributed by atoms with Crippen LogP contribution in [0.1, 0.15) is 23.7 Å². The summed E-state index contributed by atoms with van der Waals surface area (Å²) in [6, 6.07) is 9.22. The lowest BCUT2D eigenvalue weighted by molar-refractivity contribution is 0.0943. The molecule has 1 aromatic heterocycles. The topological polar surface area (TPSA) is 68.0 Å². The molecular formula is C14H15N3OS. The summed E-state index contributed by atoms with van der Waals surface area (Å²) in [7, 11) is 0. The molecule has 0 radical (unpaired) electrons. The van der Waals surface area contributed by atoms with E-state index in [0.717, 1.165) is 5.39 Å². The van der Waals surface area contributed by atoms with Crippen LogP contribution in [0.15, 0.2) is 36.5 Å². The number of nitrogens with one attached hydrogen (secondary N) is 1. The summed E-state index contributed by atoms with van der Waals surface area (Å²) in [5.41, 5.74) is 6.73. The summed E-state index contributed by atoms with van der Waals surface area (Å²) < 4.78 is 0. The van der Waals surface area contributed by atoms with Crippen molar-refractivity contribution in [1.82, 2.24) is 10.3 Å². The first kappa shape index (κ1) is 13.4. The van der Waals surface area contributed by atoms with Crippen LogP contribution in [0.4, 0.5) is 0 Å². The third-order valence-electron chi connectivity index (χ3n) is 2.76. The maximum atomic E-state index is 12.2. The molecule has 1 atom stereocenters. The summed E-state index contributed by atoms with van der Waals surface area (Å²) in [6.07, 6.45) is 2.16. The highest BCUT2D eigenvalue weighted by Gasteiger charge is 2.13. The van der Waals surface area contributed by atoms with E-state index in [4.69, 9.17) is 18.0 Å². The standard InChI is InChI=1S/C14H15N3OS/c1-9(8-12(15)19)17-14(18)11-6-2-4-10-5-3-7-16-13(10)11/h2-7,9H,8H2,1H3,(H2,15,19)(H,17,18). The van der Waals surface area contributed by atoms with Crippen LogP contribution in [0.5, 0.6) is 0 Å². The number of pyridine rings is 1. The third-order valence-corrected chi connectivity index (χ3v) is 2.93. The molecule has 1 aromatic carbocycles. The van der Waals surface area contributed by atoms with Crippen LogP contribution in [-0.4, -0.2) is 21.9 Å². The van der Waals surface area contributed by atoms with E-state index in [1.54, 1.807) is 12.3 Å². The predicted molar refractivity (Wildman–Crippen MR) is 80.1 cm³/mol. The minimum absolute atomic E-state index is 0.0935. The normalized spacial score (nSPS) is 12.1. The second kappa shape index (κ2) is 5.75. The molecule has 0 aliphatic heterocycles. The molecule has 2 aromatic rings. The van der Waals surface area contributed by atoms with E-state index in [2.05, 4.69) is 10.3 Å². The average molecular weight is 273 g/mol. The van der Waals surface area contributed by atoms with Gasteiger partial charge in [-0.15, -0.1) is 0 Å². The molecule has 1 amide bonds. The Morgan fingerprint density at radius 3 is 2.89 bits per heavy atom. The fourth-order valence-corrected chi connectivity index (χ4v) is 2.19. The van der Waals surface area contributed by atoms with Crippen LogP contribution in [0.2, 0.25) is 0 Å². The average Bonchev–Trinajstić information content (AvgIpc) is 2.36. The molecule has 5 heteroatoms. The molecular weight excluding hydrogens is 258 g/mol. The first-order valence-electron chi connectivity index (χ1n) is 6.01. The second-order valence-electron chi connectivity index (χ2n) is 4.43. The van der Waals surface area contributed by atoms with Gasteiger partial charge in [-0.05, 0) is 19.1 Å². The maximum Gasteiger partial charge on any atom is 0.253 e. The van der Waals surface area contributed by atoms with Crippen molar-refractivity contribution in [1.29, 1.82) is 0 Å². The molecule has 0 aliphatic carbocycles. The van der Waals surface area contributed by atoms with Crippen molar-refractivity contribution in [3.63, 3.8) is 0 Å². The van der Waals surface area contributed by atoms with E-state index in [0.29, 0.717) is 22.5 Å². The van der Waals surface area contributed by atoms with Gasteiger partial charge in [0.2, 0.25) is 0 Å². The number of aromatic nitrogens is 1. The summed E-state index contributed by atoms with van der Waals surface area (Å²) in [6.45, 7) is 1.87. The Balaban J connectivity index is 2.24. The van der Waals surface area contributed by atoms with E-state index in [-0.39, 0.29) is 11.9 Å². The largest absolute Gasteiger partial charge is 0.393 e. The Bertz CT molecular complexity index is 622.